The second-order valence-corrected chi connectivity index (χ2v) is 5.34. The van der Waals surface area contributed by atoms with Gasteiger partial charge in [0.2, 0.25) is 0 Å². The van der Waals surface area contributed by atoms with E-state index in [-0.39, 0.29) is 11.9 Å². The Morgan fingerprint density at radius 2 is 2.00 bits per heavy atom. The Bertz CT molecular complexity index is 498. The molecule has 0 saturated carbocycles. The second kappa shape index (κ2) is 4.98. The van der Waals surface area contributed by atoms with Gasteiger partial charge in [-0.1, -0.05) is 6.07 Å². The lowest BCUT2D eigenvalue weighted by Gasteiger charge is -2.17. The van der Waals surface area contributed by atoms with E-state index in [0.717, 1.165) is 11.1 Å². The Labute approximate surface area is 105 Å². The van der Waals surface area contributed by atoms with Gasteiger partial charge in [-0.25, -0.2) is 4.39 Å². The van der Waals surface area contributed by atoms with Crippen molar-refractivity contribution in [3.05, 3.63) is 57.0 Å². The highest BCUT2D eigenvalue weighted by molar-refractivity contribution is 7.10. The van der Waals surface area contributed by atoms with E-state index in [1.807, 2.05) is 20.0 Å². The third-order valence-electron chi connectivity index (χ3n) is 2.90. The summed E-state index contributed by atoms with van der Waals surface area (Å²) < 4.78 is 13.4. The summed E-state index contributed by atoms with van der Waals surface area (Å²) in [5.74, 6) is -0.173. The Morgan fingerprint density at radius 3 is 2.53 bits per heavy atom. The molecule has 0 amide bonds. The Hall–Kier alpha value is -1.19. The molecule has 1 heterocycles. The summed E-state index contributed by atoms with van der Waals surface area (Å²) in [6.45, 7) is 4.01. The van der Waals surface area contributed by atoms with Crippen molar-refractivity contribution in [1.82, 2.24) is 5.32 Å². The van der Waals surface area contributed by atoms with E-state index < -0.39 is 0 Å². The molecule has 0 aliphatic carbocycles. The normalized spacial score (nSPS) is 12.7. The summed E-state index contributed by atoms with van der Waals surface area (Å²) in [6, 6.07) is 7.35. The molecule has 90 valence electrons. The Balaban J connectivity index is 2.45. The summed E-state index contributed by atoms with van der Waals surface area (Å²) in [5.41, 5.74) is 3.15. The first-order valence-corrected chi connectivity index (χ1v) is 6.48. The molecular weight excluding hydrogens is 233 g/mol. The lowest BCUT2D eigenvalue weighted by molar-refractivity contribution is 0.615. The summed E-state index contributed by atoms with van der Waals surface area (Å²) in [5, 5.41) is 5.33. The predicted octanol–water partition coefficient (Wildman–Crippen LogP) is 3.81. The summed E-state index contributed by atoms with van der Waals surface area (Å²) in [4.78, 5) is 1.27. The molecule has 1 aromatic carbocycles. The van der Waals surface area contributed by atoms with Crippen molar-refractivity contribution in [3.8, 4) is 0 Å². The molecule has 2 aromatic rings. The number of halogens is 1. The van der Waals surface area contributed by atoms with Crippen LogP contribution in [0.3, 0.4) is 0 Å². The van der Waals surface area contributed by atoms with Crippen molar-refractivity contribution in [2.45, 2.75) is 19.9 Å². The third-order valence-corrected chi connectivity index (χ3v) is 3.76. The van der Waals surface area contributed by atoms with Crippen molar-refractivity contribution < 1.29 is 4.39 Å². The maximum Gasteiger partial charge on any atom is 0.123 e. The first kappa shape index (κ1) is 12.3. The molecule has 17 heavy (non-hydrogen) atoms. The highest BCUT2D eigenvalue weighted by Crippen LogP contribution is 2.28. The van der Waals surface area contributed by atoms with Gasteiger partial charge in [0, 0.05) is 4.88 Å². The van der Waals surface area contributed by atoms with E-state index in [9.17, 15) is 4.39 Å². The van der Waals surface area contributed by atoms with Crippen molar-refractivity contribution in [2.24, 2.45) is 0 Å². The standard InChI is InChI=1S/C14H16FNS/c1-9-6-11(8-12(15)7-9)14(16-3)13-4-5-17-10(13)2/h4-8,14,16H,1-3H3. The number of nitrogens with one attached hydrogen (secondary N) is 1. The molecular formula is C14H16FNS. The SMILES string of the molecule is CNC(c1cc(C)cc(F)c1)c1ccsc1C. The zero-order chi connectivity index (χ0) is 12.4. The van der Waals surface area contributed by atoms with Crippen LogP contribution < -0.4 is 5.32 Å². The quantitative estimate of drug-likeness (QED) is 0.872. The monoisotopic (exact) mass is 249 g/mol. The average Bonchev–Trinajstić information content (AvgIpc) is 2.65. The molecule has 1 unspecified atom stereocenters. The van der Waals surface area contributed by atoms with Crippen molar-refractivity contribution in [1.29, 1.82) is 0 Å². The van der Waals surface area contributed by atoms with Gasteiger partial charge in [0.1, 0.15) is 5.82 Å². The van der Waals surface area contributed by atoms with Crippen LogP contribution in [0.1, 0.15) is 27.6 Å². The van der Waals surface area contributed by atoms with E-state index in [4.69, 9.17) is 0 Å². The van der Waals surface area contributed by atoms with E-state index in [0.29, 0.717) is 0 Å². The minimum atomic E-state index is -0.173. The molecule has 0 spiro atoms. The minimum Gasteiger partial charge on any atom is -0.309 e. The fourth-order valence-corrected chi connectivity index (χ4v) is 2.87. The van der Waals surface area contributed by atoms with Crippen LogP contribution in [-0.2, 0) is 0 Å². The van der Waals surface area contributed by atoms with Gasteiger partial charge in [0.25, 0.3) is 0 Å². The number of aryl methyl sites for hydroxylation is 2. The zero-order valence-corrected chi connectivity index (χ0v) is 11.1. The third kappa shape index (κ3) is 2.56. The Kier molecular flexibility index (Phi) is 3.60. The van der Waals surface area contributed by atoms with Gasteiger partial charge in [-0.3, -0.25) is 0 Å². The molecule has 0 aliphatic rings. The molecule has 1 atom stereocenters. The number of benzene rings is 1. The lowest BCUT2D eigenvalue weighted by Crippen LogP contribution is -2.18. The molecule has 3 heteroatoms. The summed E-state index contributed by atoms with van der Waals surface area (Å²) >= 11 is 1.72. The number of thiophene rings is 1. The van der Waals surface area contributed by atoms with Crippen LogP contribution in [0.15, 0.2) is 29.6 Å². The van der Waals surface area contributed by atoms with Crippen molar-refractivity contribution in [3.63, 3.8) is 0 Å². The molecule has 1 N–H and O–H groups in total. The van der Waals surface area contributed by atoms with Gasteiger partial charge in [-0.2, -0.15) is 0 Å². The molecule has 0 bridgehead atoms. The van der Waals surface area contributed by atoms with E-state index >= 15 is 0 Å². The van der Waals surface area contributed by atoms with Gasteiger partial charge in [0.05, 0.1) is 6.04 Å². The Morgan fingerprint density at radius 1 is 1.24 bits per heavy atom. The minimum absolute atomic E-state index is 0.0654. The topological polar surface area (TPSA) is 12.0 Å². The molecule has 0 radical (unpaired) electrons. The fraction of sp³-hybridized carbons (Fsp3) is 0.286. The van der Waals surface area contributed by atoms with Crippen LogP contribution in [-0.4, -0.2) is 7.05 Å². The van der Waals surface area contributed by atoms with E-state index in [1.165, 1.54) is 10.4 Å². The maximum absolute atomic E-state index is 13.4. The van der Waals surface area contributed by atoms with Crippen LogP contribution >= 0.6 is 11.3 Å². The lowest BCUT2D eigenvalue weighted by atomic mass is 9.98. The first-order chi connectivity index (χ1) is 8.11. The molecule has 1 aromatic heterocycles. The largest absolute Gasteiger partial charge is 0.309 e. The second-order valence-electron chi connectivity index (χ2n) is 4.22. The fourth-order valence-electron chi connectivity index (χ4n) is 2.13. The van der Waals surface area contributed by atoms with Crippen LogP contribution in [0.5, 0.6) is 0 Å². The maximum atomic E-state index is 13.4. The number of rotatable bonds is 3. The highest BCUT2D eigenvalue weighted by atomic mass is 32.1. The van der Waals surface area contributed by atoms with Crippen molar-refractivity contribution >= 4 is 11.3 Å². The molecule has 2 rings (SSSR count). The van der Waals surface area contributed by atoms with Gasteiger partial charge in [-0.05, 0) is 61.2 Å². The summed E-state index contributed by atoms with van der Waals surface area (Å²) in [6.07, 6.45) is 0. The predicted molar refractivity (Wildman–Crippen MR) is 71.1 cm³/mol. The van der Waals surface area contributed by atoms with Crippen LogP contribution in [0.2, 0.25) is 0 Å². The van der Waals surface area contributed by atoms with Crippen molar-refractivity contribution in [2.75, 3.05) is 7.05 Å². The number of hydrogen-bond donors (Lipinski definition) is 1. The van der Waals surface area contributed by atoms with Gasteiger partial charge in [0.15, 0.2) is 0 Å². The molecule has 0 saturated heterocycles. The average molecular weight is 249 g/mol. The first-order valence-electron chi connectivity index (χ1n) is 5.60. The molecule has 1 nitrogen and oxygen atoms in total. The smallest absolute Gasteiger partial charge is 0.123 e. The zero-order valence-electron chi connectivity index (χ0n) is 10.3. The van der Waals surface area contributed by atoms with Gasteiger partial charge >= 0.3 is 0 Å². The van der Waals surface area contributed by atoms with Gasteiger partial charge < -0.3 is 5.32 Å². The highest BCUT2D eigenvalue weighted by Gasteiger charge is 2.15. The van der Waals surface area contributed by atoms with Crippen LogP contribution in [0.4, 0.5) is 4.39 Å². The van der Waals surface area contributed by atoms with E-state index in [2.05, 4.69) is 23.7 Å². The molecule has 0 fully saturated rings. The van der Waals surface area contributed by atoms with Crippen LogP contribution in [0.25, 0.3) is 0 Å². The summed E-state index contributed by atoms with van der Waals surface area (Å²) in [7, 11) is 1.90. The van der Waals surface area contributed by atoms with Crippen LogP contribution in [0, 0.1) is 19.7 Å². The van der Waals surface area contributed by atoms with E-state index in [1.54, 1.807) is 23.5 Å². The number of hydrogen-bond acceptors (Lipinski definition) is 2. The van der Waals surface area contributed by atoms with Gasteiger partial charge in [-0.15, -0.1) is 11.3 Å². The molecule has 0 aliphatic heterocycles.